The summed E-state index contributed by atoms with van der Waals surface area (Å²) in [6.07, 6.45) is 3.60. The molecular weight excluding hydrogens is 310 g/mol. The summed E-state index contributed by atoms with van der Waals surface area (Å²) in [4.78, 5) is 4.28. The van der Waals surface area contributed by atoms with Crippen LogP contribution in [0.2, 0.25) is 0 Å². The van der Waals surface area contributed by atoms with E-state index in [4.69, 9.17) is 4.74 Å². The van der Waals surface area contributed by atoms with Gasteiger partial charge in [0, 0.05) is 38.5 Å². The Balaban J connectivity index is 1.94. The summed E-state index contributed by atoms with van der Waals surface area (Å²) in [5.41, 5.74) is 0. The third kappa shape index (κ3) is 2.89. The van der Waals surface area contributed by atoms with E-state index in [9.17, 15) is 8.42 Å². The lowest BCUT2D eigenvalue weighted by molar-refractivity contribution is 0.135. The molecule has 0 aromatic carbocycles. The number of methoxy groups -OCH3 is 1. The zero-order valence-electron chi connectivity index (χ0n) is 11.7. The number of fused-ring (bicyclic) bond motifs is 1. The van der Waals surface area contributed by atoms with Crippen LogP contribution in [0.15, 0.2) is 34.1 Å². The number of ether oxygens (including phenoxy) is 1. The first-order valence-electron chi connectivity index (χ1n) is 6.64. The van der Waals surface area contributed by atoms with Gasteiger partial charge < -0.3 is 9.30 Å². The Morgan fingerprint density at radius 1 is 1.48 bits per heavy atom. The molecule has 1 unspecified atom stereocenters. The maximum atomic E-state index is 12.7. The highest BCUT2D eigenvalue weighted by Crippen LogP contribution is 2.25. The van der Waals surface area contributed by atoms with Crippen LogP contribution in [0, 0.1) is 5.92 Å². The number of nitrogens with zero attached hydrogens (tertiary/aromatic N) is 3. The highest BCUT2D eigenvalue weighted by atomic mass is 32.2. The molecule has 1 aliphatic rings. The second kappa shape index (κ2) is 5.88. The maximum absolute atomic E-state index is 12.7. The molecule has 2 aromatic heterocycles. The van der Waals surface area contributed by atoms with Crippen LogP contribution in [0.3, 0.4) is 0 Å². The number of hydrogen-bond donors (Lipinski definition) is 0. The van der Waals surface area contributed by atoms with Gasteiger partial charge in [-0.15, -0.1) is 11.3 Å². The second-order valence-electron chi connectivity index (χ2n) is 5.05. The van der Waals surface area contributed by atoms with Crippen LogP contribution in [-0.4, -0.2) is 42.5 Å². The molecule has 2 aromatic rings. The number of rotatable bonds is 4. The lowest BCUT2D eigenvalue weighted by atomic mass is 10.1. The van der Waals surface area contributed by atoms with E-state index in [-0.39, 0.29) is 5.92 Å². The van der Waals surface area contributed by atoms with Crippen LogP contribution in [0.4, 0.5) is 0 Å². The minimum atomic E-state index is -3.47. The Morgan fingerprint density at radius 2 is 2.33 bits per heavy atom. The molecule has 0 radical (unpaired) electrons. The van der Waals surface area contributed by atoms with E-state index in [1.807, 2.05) is 10.8 Å². The highest BCUT2D eigenvalue weighted by Gasteiger charge is 2.32. The van der Waals surface area contributed by atoms with Gasteiger partial charge in [-0.05, 0) is 11.4 Å². The van der Waals surface area contributed by atoms with Crippen molar-refractivity contribution in [1.29, 1.82) is 0 Å². The van der Waals surface area contributed by atoms with Gasteiger partial charge in [0.25, 0.3) is 10.0 Å². The standard InChI is InChI=1S/C13H17N3O3S2/c1-19-10-11-7-15-5-4-14-12(15)9-16(8-11)21(17,18)13-3-2-6-20-13/h2-6,11H,7-10H2,1H3. The summed E-state index contributed by atoms with van der Waals surface area (Å²) in [6.45, 7) is 1.98. The highest BCUT2D eigenvalue weighted by molar-refractivity contribution is 7.91. The fourth-order valence-corrected chi connectivity index (χ4v) is 5.18. The van der Waals surface area contributed by atoms with Gasteiger partial charge in [-0.2, -0.15) is 4.31 Å². The number of aromatic nitrogens is 2. The topological polar surface area (TPSA) is 64.4 Å². The van der Waals surface area contributed by atoms with Crippen molar-refractivity contribution in [2.24, 2.45) is 5.92 Å². The molecule has 0 fully saturated rings. The van der Waals surface area contributed by atoms with Gasteiger partial charge in [0.05, 0.1) is 13.2 Å². The summed E-state index contributed by atoms with van der Waals surface area (Å²) in [7, 11) is -1.83. The average Bonchev–Trinajstić information content (AvgIpc) is 3.08. The van der Waals surface area contributed by atoms with Crippen LogP contribution < -0.4 is 0 Å². The molecule has 0 aliphatic carbocycles. The maximum Gasteiger partial charge on any atom is 0.252 e. The summed E-state index contributed by atoms with van der Waals surface area (Å²) in [6, 6.07) is 3.39. The molecule has 0 N–H and O–H groups in total. The van der Waals surface area contributed by atoms with E-state index in [0.29, 0.717) is 23.9 Å². The molecular formula is C13H17N3O3S2. The minimum absolute atomic E-state index is 0.111. The van der Waals surface area contributed by atoms with Crippen molar-refractivity contribution in [3.63, 3.8) is 0 Å². The van der Waals surface area contributed by atoms with Crippen molar-refractivity contribution < 1.29 is 13.2 Å². The molecule has 0 amide bonds. The van der Waals surface area contributed by atoms with Crippen molar-refractivity contribution in [1.82, 2.24) is 13.9 Å². The summed E-state index contributed by atoms with van der Waals surface area (Å²) in [5, 5.41) is 1.78. The molecule has 8 heteroatoms. The molecule has 0 saturated carbocycles. The lowest BCUT2D eigenvalue weighted by Gasteiger charge is -2.22. The van der Waals surface area contributed by atoms with Crippen molar-refractivity contribution in [3.05, 3.63) is 35.7 Å². The Labute approximate surface area is 128 Å². The molecule has 21 heavy (non-hydrogen) atoms. The first-order valence-corrected chi connectivity index (χ1v) is 8.96. The summed E-state index contributed by atoms with van der Waals surface area (Å²) in [5.74, 6) is 0.883. The smallest absolute Gasteiger partial charge is 0.252 e. The molecule has 1 aliphatic heterocycles. The molecule has 0 spiro atoms. The summed E-state index contributed by atoms with van der Waals surface area (Å²) >= 11 is 1.24. The first kappa shape index (κ1) is 14.7. The van der Waals surface area contributed by atoms with Crippen molar-refractivity contribution in [3.8, 4) is 0 Å². The molecule has 0 bridgehead atoms. The molecule has 114 valence electrons. The molecule has 3 rings (SSSR count). The molecule has 6 nitrogen and oxygen atoms in total. The van der Waals surface area contributed by atoms with Crippen LogP contribution in [0.1, 0.15) is 5.82 Å². The zero-order valence-corrected chi connectivity index (χ0v) is 13.3. The van der Waals surface area contributed by atoms with E-state index in [0.717, 1.165) is 12.4 Å². The van der Waals surface area contributed by atoms with Crippen LogP contribution in [0.25, 0.3) is 0 Å². The number of hydrogen-bond acceptors (Lipinski definition) is 5. The molecule has 1 atom stereocenters. The van der Waals surface area contributed by atoms with Gasteiger partial charge >= 0.3 is 0 Å². The van der Waals surface area contributed by atoms with Gasteiger partial charge in [0.15, 0.2) is 0 Å². The van der Waals surface area contributed by atoms with Gasteiger partial charge in [-0.25, -0.2) is 13.4 Å². The average molecular weight is 327 g/mol. The third-order valence-electron chi connectivity index (χ3n) is 3.53. The minimum Gasteiger partial charge on any atom is -0.384 e. The number of thiophene rings is 1. The van der Waals surface area contributed by atoms with Crippen LogP contribution >= 0.6 is 11.3 Å². The normalized spacial score (nSPS) is 20.1. The number of sulfonamides is 1. The van der Waals surface area contributed by atoms with Gasteiger partial charge in [0.2, 0.25) is 0 Å². The van der Waals surface area contributed by atoms with E-state index in [2.05, 4.69) is 4.98 Å². The van der Waals surface area contributed by atoms with Gasteiger partial charge in [-0.3, -0.25) is 0 Å². The van der Waals surface area contributed by atoms with Crippen LogP contribution in [-0.2, 0) is 27.8 Å². The SMILES string of the molecule is COCC1CN(S(=O)(=O)c2cccs2)Cc2nccn2C1. The van der Waals surface area contributed by atoms with E-state index in [1.54, 1.807) is 30.8 Å². The Kier molecular flexibility index (Phi) is 4.12. The van der Waals surface area contributed by atoms with Gasteiger partial charge in [0.1, 0.15) is 10.0 Å². The van der Waals surface area contributed by atoms with Crippen LogP contribution in [0.5, 0.6) is 0 Å². The molecule has 0 saturated heterocycles. The fraction of sp³-hybridized carbons (Fsp3) is 0.462. The predicted molar refractivity (Wildman–Crippen MR) is 79.5 cm³/mol. The van der Waals surface area contributed by atoms with E-state index < -0.39 is 10.0 Å². The Bertz CT molecular complexity index is 694. The number of imidazole rings is 1. The monoisotopic (exact) mass is 327 g/mol. The van der Waals surface area contributed by atoms with E-state index >= 15 is 0 Å². The quantitative estimate of drug-likeness (QED) is 0.852. The Hall–Kier alpha value is -1.22. The van der Waals surface area contributed by atoms with Crippen molar-refractivity contribution in [2.75, 3.05) is 20.3 Å². The van der Waals surface area contributed by atoms with Crippen molar-refractivity contribution >= 4 is 21.4 Å². The van der Waals surface area contributed by atoms with E-state index in [1.165, 1.54) is 15.6 Å². The third-order valence-corrected chi connectivity index (χ3v) is 6.71. The molecule has 3 heterocycles. The predicted octanol–water partition coefficient (Wildman–Crippen LogP) is 1.41. The fourth-order valence-electron chi connectivity index (χ4n) is 2.57. The largest absolute Gasteiger partial charge is 0.384 e. The second-order valence-corrected chi connectivity index (χ2v) is 8.16. The zero-order chi connectivity index (χ0) is 14.9. The Morgan fingerprint density at radius 3 is 3.05 bits per heavy atom. The van der Waals surface area contributed by atoms with Gasteiger partial charge in [-0.1, -0.05) is 6.07 Å². The van der Waals surface area contributed by atoms with Crippen molar-refractivity contribution in [2.45, 2.75) is 17.3 Å². The first-order chi connectivity index (χ1) is 10.1. The lowest BCUT2D eigenvalue weighted by Crippen LogP contribution is -2.35. The summed E-state index contributed by atoms with van der Waals surface area (Å²) < 4.78 is 34.6.